The quantitative estimate of drug-likeness (QED) is 0.520. The number of halogens is 1. The first-order valence-electron chi connectivity index (χ1n) is 9.80. The Morgan fingerprint density at radius 2 is 1.94 bits per heavy atom. The molecule has 7 nitrogen and oxygen atoms in total. The van der Waals surface area contributed by atoms with Gasteiger partial charge in [-0.25, -0.2) is 14.7 Å². The summed E-state index contributed by atoms with van der Waals surface area (Å²) in [6, 6.07) is 18.4. The summed E-state index contributed by atoms with van der Waals surface area (Å²) in [4.78, 5) is 25.3. The molecule has 1 aliphatic rings. The zero-order valence-electron chi connectivity index (χ0n) is 16.7. The third-order valence-electron chi connectivity index (χ3n) is 5.29. The number of aromatic nitrogens is 3. The van der Waals surface area contributed by atoms with Crippen LogP contribution in [-0.2, 0) is 6.42 Å². The first-order valence-corrected chi connectivity index (χ1v) is 9.80. The highest BCUT2D eigenvalue weighted by molar-refractivity contribution is 5.97. The van der Waals surface area contributed by atoms with Gasteiger partial charge in [-0.3, -0.25) is 20.1 Å². The van der Waals surface area contributed by atoms with E-state index >= 15 is 4.39 Å². The van der Waals surface area contributed by atoms with Crippen molar-refractivity contribution in [2.45, 2.75) is 12.3 Å². The van der Waals surface area contributed by atoms with E-state index in [0.29, 0.717) is 17.9 Å². The number of hydrogen-bond donors (Lipinski definition) is 1. The molecule has 0 fully saturated rings. The number of imidazole rings is 1. The van der Waals surface area contributed by atoms with Gasteiger partial charge in [0.2, 0.25) is 5.95 Å². The number of amides is 1. The van der Waals surface area contributed by atoms with Gasteiger partial charge >= 0.3 is 5.92 Å². The van der Waals surface area contributed by atoms with E-state index < -0.39 is 11.8 Å². The average molecular weight is 414 g/mol. The number of fused-ring (bicyclic) bond motifs is 2. The van der Waals surface area contributed by atoms with Crippen LogP contribution in [0.5, 0.6) is 0 Å². The van der Waals surface area contributed by atoms with Gasteiger partial charge in [-0.15, -0.1) is 0 Å². The molecule has 0 radical (unpaired) electrons. The molecule has 0 spiro atoms. The maximum absolute atomic E-state index is 15.8. The molecule has 3 heterocycles. The van der Waals surface area contributed by atoms with E-state index in [2.05, 4.69) is 20.3 Å². The van der Waals surface area contributed by atoms with E-state index in [-0.39, 0.29) is 0 Å². The minimum atomic E-state index is -2.30. The van der Waals surface area contributed by atoms with Crippen molar-refractivity contribution in [1.29, 1.82) is 0 Å². The van der Waals surface area contributed by atoms with Crippen LogP contribution in [0.3, 0.4) is 0 Å². The third-order valence-corrected chi connectivity index (χ3v) is 5.29. The smallest absolute Gasteiger partial charge is 0.297 e. The molecule has 1 atom stereocenters. The van der Waals surface area contributed by atoms with Crippen molar-refractivity contribution in [1.82, 2.24) is 20.0 Å². The summed E-state index contributed by atoms with van der Waals surface area (Å²) in [6.45, 7) is 0. The van der Waals surface area contributed by atoms with E-state index in [0.717, 1.165) is 28.4 Å². The summed E-state index contributed by atoms with van der Waals surface area (Å²) in [7, 11) is 1.55. The lowest BCUT2D eigenvalue weighted by molar-refractivity contribution is 0.0815. The standard InChI is InChI=1S/C23H19FN6O/c1-29-23(24,28-21(31)17-6-3-2-4-7-17)15-27-22-26-14-19(30(22)29)13-16-9-10-20-18(12-16)8-5-11-25-20/h2-12,14-15H,13H2,1H3,(H,28,31). The molecular formula is C23H19FN6O. The zero-order chi connectivity index (χ0) is 21.4. The van der Waals surface area contributed by atoms with Crippen LogP contribution in [0, 0.1) is 0 Å². The van der Waals surface area contributed by atoms with Crippen LogP contribution in [0.15, 0.2) is 78.0 Å². The number of carbonyl (C=O) groups excluding carboxylic acids is 1. The van der Waals surface area contributed by atoms with E-state index in [4.69, 9.17) is 0 Å². The Kier molecular flexibility index (Phi) is 4.47. The topological polar surface area (TPSA) is 75.4 Å². The Balaban J connectivity index is 1.43. The molecule has 1 N–H and O–H groups in total. The fourth-order valence-corrected chi connectivity index (χ4v) is 3.66. The van der Waals surface area contributed by atoms with Crippen molar-refractivity contribution >= 4 is 29.0 Å². The van der Waals surface area contributed by atoms with Gasteiger partial charge in [0, 0.05) is 30.6 Å². The molecule has 2 aromatic heterocycles. The van der Waals surface area contributed by atoms with Crippen molar-refractivity contribution in [2.75, 3.05) is 12.1 Å². The van der Waals surface area contributed by atoms with Gasteiger partial charge in [0.25, 0.3) is 5.91 Å². The minimum Gasteiger partial charge on any atom is -0.297 e. The molecule has 4 aromatic rings. The third kappa shape index (κ3) is 3.42. The Hall–Kier alpha value is -4.07. The van der Waals surface area contributed by atoms with Gasteiger partial charge in [-0.2, -0.15) is 4.39 Å². The molecule has 1 aliphatic heterocycles. The average Bonchev–Trinajstić information content (AvgIpc) is 3.20. The largest absolute Gasteiger partial charge is 0.310 e. The molecule has 0 saturated carbocycles. The molecule has 154 valence electrons. The molecule has 1 amide bonds. The summed E-state index contributed by atoms with van der Waals surface area (Å²) >= 11 is 0. The van der Waals surface area contributed by atoms with E-state index in [1.807, 2.05) is 30.3 Å². The summed E-state index contributed by atoms with van der Waals surface area (Å²) in [6.07, 6.45) is 5.00. The second-order valence-electron chi connectivity index (χ2n) is 7.34. The fourth-order valence-electron chi connectivity index (χ4n) is 3.66. The number of pyridine rings is 1. The highest BCUT2D eigenvalue weighted by atomic mass is 19.2. The number of alkyl halides is 1. The van der Waals surface area contributed by atoms with Crippen LogP contribution in [0.1, 0.15) is 21.6 Å². The van der Waals surface area contributed by atoms with Crippen LogP contribution in [-0.4, -0.2) is 39.7 Å². The number of carbonyl (C=O) groups is 1. The van der Waals surface area contributed by atoms with Crippen molar-refractivity contribution in [3.05, 3.63) is 89.9 Å². The number of hydrogen-bond acceptors (Lipinski definition) is 5. The predicted molar refractivity (Wildman–Crippen MR) is 117 cm³/mol. The van der Waals surface area contributed by atoms with Crippen LogP contribution in [0.25, 0.3) is 10.9 Å². The Bertz CT molecular complexity index is 1300. The van der Waals surface area contributed by atoms with Gasteiger partial charge in [0.15, 0.2) is 0 Å². The van der Waals surface area contributed by atoms with Crippen LogP contribution in [0.2, 0.25) is 0 Å². The lowest BCUT2D eigenvalue weighted by Gasteiger charge is -2.37. The van der Waals surface area contributed by atoms with E-state index in [9.17, 15) is 4.79 Å². The normalized spacial score (nSPS) is 17.5. The maximum Gasteiger partial charge on any atom is 0.310 e. The summed E-state index contributed by atoms with van der Waals surface area (Å²) in [5.74, 6) is -2.49. The fraction of sp³-hybridized carbons (Fsp3) is 0.130. The van der Waals surface area contributed by atoms with Gasteiger partial charge in [0.05, 0.1) is 23.6 Å². The number of benzene rings is 2. The van der Waals surface area contributed by atoms with Gasteiger partial charge < -0.3 is 0 Å². The molecule has 2 aromatic carbocycles. The Morgan fingerprint density at radius 3 is 2.77 bits per heavy atom. The molecule has 0 bridgehead atoms. The molecule has 0 aliphatic carbocycles. The van der Waals surface area contributed by atoms with Crippen molar-refractivity contribution in [3.63, 3.8) is 0 Å². The molecule has 5 rings (SSSR count). The van der Waals surface area contributed by atoms with Gasteiger partial charge in [0.1, 0.15) is 0 Å². The SMILES string of the molecule is CN1n2c(Cc3ccc4ncccc4c3)cnc2N=CC1(F)NC(=O)c1ccccc1. The van der Waals surface area contributed by atoms with Crippen LogP contribution >= 0.6 is 0 Å². The monoisotopic (exact) mass is 414 g/mol. The van der Waals surface area contributed by atoms with Gasteiger partial charge in [-0.1, -0.05) is 30.3 Å². The lowest BCUT2D eigenvalue weighted by Crippen LogP contribution is -2.63. The van der Waals surface area contributed by atoms with Crippen molar-refractivity contribution in [2.24, 2.45) is 4.99 Å². The second kappa shape index (κ2) is 7.32. The van der Waals surface area contributed by atoms with Crippen molar-refractivity contribution in [3.8, 4) is 0 Å². The molecular weight excluding hydrogens is 395 g/mol. The zero-order valence-corrected chi connectivity index (χ0v) is 16.7. The molecule has 8 heteroatoms. The highest BCUT2D eigenvalue weighted by Crippen LogP contribution is 2.26. The lowest BCUT2D eigenvalue weighted by atomic mass is 10.1. The van der Waals surface area contributed by atoms with E-state index in [1.54, 1.807) is 54.4 Å². The maximum atomic E-state index is 15.8. The van der Waals surface area contributed by atoms with Crippen molar-refractivity contribution < 1.29 is 9.18 Å². The molecule has 1 unspecified atom stereocenters. The van der Waals surface area contributed by atoms with Crippen LogP contribution in [0.4, 0.5) is 10.3 Å². The predicted octanol–water partition coefficient (Wildman–Crippen LogP) is 3.36. The first-order chi connectivity index (χ1) is 15.0. The molecule has 31 heavy (non-hydrogen) atoms. The number of nitrogens with one attached hydrogen (secondary N) is 1. The van der Waals surface area contributed by atoms with Gasteiger partial charge in [-0.05, 0) is 35.9 Å². The van der Waals surface area contributed by atoms with E-state index in [1.165, 1.54) is 5.01 Å². The summed E-state index contributed by atoms with van der Waals surface area (Å²) < 4.78 is 17.4. The Morgan fingerprint density at radius 1 is 1.10 bits per heavy atom. The first kappa shape index (κ1) is 18.9. The molecule has 0 saturated heterocycles. The van der Waals surface area contributed by atoms with Crippen LogP contribution < -0.4 is 10.3 Å². The highest BCUT2D eigenvalue weighted by Gasteiger charge is 2.40. The number of nitrogens with zero attached hydrogens (tertiary/aromatic N) is 5. The number of rotatable bonds is 4. The summed E-state index contributed by atoms with van der Waals surface area (Å²) in [5, 5.41) is 4.74. The summed E-state index contributed by atoms with van der Waals surface area (Å²) in [5.41, 5.74) is 3.05. The second-order valence-corrected chi connectivity index (χ2v) is 7.34. The minimum absolute atomic E-state index is 0.349. The Labute approximate surface area is 177 Å². The number of aliphatic imine (C=N–C) groups is 1.